The number of amides is 1. The minimum atomic E-state index is -4.13. The van der Waals surface area contributed by atoms with Crippen LogP contribution in [-0.4, -0.2) is 35.1 Å². The summed E-state index contributed by atoms with van der Waals surface area (Å²) in [5.74, 6) is -0.587. The van der Waals surface area contributed by atoms with Crippen molar-refractivity contribution in [3.63, 3.8) is 0 Å². The molecule has 7 nitrogen and oxygen atoms in total. The third-order valence-corrected chi connectivity index (χ3v) is 6.83. The van der Waals surface area contributed by atoms with Gasteiger partial charge in [0.05, 0.1) is 29.8 Å². The van der Waals surface area contributed by atoms with Gasteiger partial charge >= 0.3 is 0 Å². The molecule has 1 N–H and O–H groups in total. The fraction of sp³-hybridized carbons (Fsp3) is 0.174. The van der Waals surface area contributed by atoms with Crippen molar-refractivity contribution in [2.75, 3.05) is 30.4 Å². The lowest BCUT2D eigenvalue weighted by Crippen LogP contribution is -2.38. The second kappa shape index (κ2) is 10.1. The summed E-state index contributed by atoms with van der Waals surface area (Å²) < 4.78 is 51.9. The number of nitrogens with one attached hydrogen (secondary N) is 1. The summed E-state index contributed by atoms with van der Waals surface area (Å²) in [6, 6.07) is 14.5. The normalized spacial score (nSPS) is 11.1. The molecule has 1 amide bonds. The van der Waals surface area contributed by atoms with Gasteiger partial charge in [0, 0.05) is 11.8 Å². The molecule has 0 aliphatic heterocycles. The van der Waals surface area contributed by atoms with Crippen molar-refractivity contribution in [1.82, 2.24) is 0 Å². The van der Waals surface area contributed by atoms with E-state index in [1.54, 1.807) is 18.2 Å². The van der Waals surface area contributed by atoms with Crippen LogP contribution in [0.1, 0.15) is 5.56 Å². The van der Waals surface area contributed by atoms with Gasteiger partial charge in [0.25, 0.3) is 10.0 Å². The van der Waals surface area contributed by atoms with Gasteiger partial charge in [-0.2, -0.15) is 0 Å². The molecule has 3 aromatic rings. The standard InChI is InChI=1S/C23H22ClFN2O5S/c1-15-4-8-18(9-5-15)33(29,30)27(17-7-11-21(31-2)22(13-17)32-3)14-23(28)26-16-6-10-20(25)19(24)12-16/h4-13H,14H2,1-3H3,(H,26,28). The van der Waals surface area contributed by atoms with Crippen LogP contribution in [0.15, 0.2) is 65.6 Å². The lowest BCUT2D eigenvalue weighted by Gasteiger charge is -2.25. The van der Waals surface area contributed by atoms with E-state index < -0.39 is 28.3 Å². The van der Waals surface area contributed by atoms with Crippen LogP contribution in [0.25, 0.3) is 0 Å². The first kappa shape index (κ1) is 24.3. The van der Waals surface area contributed by atoms with E-state index in [1.165, 1.54) is 50.6 Å². The van der Waals surface area contributed by atoms with Crippen LogP contribution < -0.4 is 19.1 Å². The molecule has 0 aromatic heterocycles. The molecule has 0 aliphatic rings. The summed E-state index contributed by atoms with van der Waals surface area (Å²) in [5, 5.41) is 2.37. The Hall–Kier alpha value is -3.30. The zero-order chi connectivity index (χ0) is 24.2. The zero-order valence-electron chi connectivity index (χ0n) is 18.1. The van der Waals surface area contributed by atoms with Crippen molar-refractivity contribution in [3.8, 4) is 11.5 Å². The van der Waals surface area contributed by atoms with Crippen LogP contribution in [0.4, 0.5) is 15.8 Å². The average Bonchev–Trinajstić information content (AvgIpc) is 2.79. The van der Waals surface area contributed by atoms with Gasteiger partial charge in [-0.05, 0) is 49.4 Å². The van der Waals surface area contributed by atoms with Gasteiger partial charge < -0.3 is 14.8 Å². The van der Waals surface area contributed by atoms with Gasteiger partial charge in [0.15, 0.2) is 11.5 Å². The molecule has 0 radical (unpaired) electrons. The summed E-state index contributed by atoms with van der Waals surface area (Å²) in [6.45, 7) is 1.28. The second-order valence-electron chi connectivity index (χ2n) is 7.04. The van der Waals surface area contributed by atoms with E-state index in [9.17, 15) is 17.6 Å². The average molecular weight is 493 g/mol. The van der Waals surface area contributed by atoms with E-state index >= 15 is 0 Å². The number of ether oxygens (including phenoxy) is 2. The first-order chi connectivity index (χ1) is 15.6. The zero-order valence-corrected chi connectivity index (χ0v) is 19.7. The van der Waals surface area contributed by atoms with Crippen molar-refractivity contribution in [2.24, 2.45) is 0 Å². The summed E-state index contributed by atoms with van der Waals surface area (Å²) >= 11 is 5.77. The molecular weight excluding hydrogens is 471 g/mol. The number of anilines is 2. The Labute approximate surface area is 196 Å². The fourth-order valence-electron chi connectivity index (χ4n) is 3.04. The Bertz CT molecular complexity index is 1270. The number of hydrogen-bond donors (Lipinski definition) is 1. The molecule has 3 rings (SSSR count). The highest BCUT2D eigenvalue weighted by molar-refractivity contribution is 7.92. The summed E-state index contributed by atoms with van der Waals surface area (Å²) in [7, 11) is -1.25. The summed E-state index contributed by atoms with van der Waals surface area (Å²) in [4.78, 5) is 12.8. The molecule has 0 saturated heterocycles. The van der Waals surface area contributed by atoms with Crippen LogP contribution in [-0.2, 0) is 14.8 Å². The van der Waals surface area contributed by atoms with E-state index in [2.05, 4.69) is 5.32 Å². The van der Waals surface area contributed by atoms with Crippen molar-refractivity contribution < 1.29 is 27.1 Å². The number of methoxy groups -OCH3 is 2. The Balaban J connectivity index is 2.00. The Kier molecular flexibility index (Phi) is 7.45. The number of carbonyl (C=O) groups is 1. The number of halogens is 2. The Morgan fingerprint density at radius 2 is 1.67 bits per heavy atom. The lowest BCUT2D eigenvalue weighted by molar-refractivity contribution is -0.114. The molecule has 33 heavy (non-hydrogen) atoms. The molecule has 0 aliphatic carbocycles. The van der Waals surface area contributed by atoms with Gasteiger partial charge in [-0.1, -0.05) is 29.3 Å². The van der Waals surface area contributed by atoms with Crippen LogP contribution in [0.2, 0.25) is 5.02 Å². The topological polar surface area (TPSA) is 84.9 Å². The molecule has 0 atom stereocenters. The summed E-state index contributed by atoms with van der Waals surface area (Å²) in [6.07, 6.45) is 0. The largest absolute Gasteiger partial charge is 0.493 e. The van der Waals surface area contributed by atoms with Gasteiger partial charge in [-0.25, -0.2) is 12.8 Å². The minimum absolute atomic E-state index is 0.0144. The highest BCUT2D eigenvalue weighted by Crippen LogP contribution is 2.34. The van der Waals surface area contributed by atoms with Crippen molar-refractivity contribution in [2.45, 2.75) is 11.8 Å². The van der Waals surface area contributed by atoms with Crippen molar-refractivity contribution >= 4 is 38.9 Å². The Morgan fingerprint density at radius 1 is 1.00 bits per heavy atom. The molecule has 0 bridgehead atoms. The van der Waals surface area contributed by atoms with Crippen LogP contribution in [0.5, 0.6) is 11.5 Å². The predicted octanol–water partition coefficient (Wildman–Crippen LogP) is 4.64. The minimum Gasteiger partial charge on any atom is -0.493 e. The number of benzene rings is 3. The van der Waals surface area contributed by atoms with Crippen molar-refractivity contribution in [1.29, 1.82) is 0 Å². The predicted molar refractivity (Wildman–Crippen MR) is 125 cm³/mol. The van der Waals surface area contributed by atoms with Crippen LogP contribution in [0.3, 0.4) is 0 Å². The van der Waals surface area contributed by atoms with Crippen molar-refractivity contribution in [3.05, 3.63) is 77.1 Å². The number of carbonyl (C=O) groups excluding carboxylic acids is 1. The third kappa shape index (κ3) is 5.55. The quantitative estimate of drug-likeness (QED) is 0.495. The molecular formula is C23H22ClFN2O5S. The molecule has 10 heteroatoms. The Morgan fingerprint density at radius 3 is 2.27 bits per heavy atom. The highest BCUT2D eigenvalue weighted by atomic mass is 35.5. The maximum absolute atomic E-state index is 13.5. The number of rotatable bonds is 8. The molecule has 0 fully saturated rings. The number of nitrogens with zero attached hydrogens (tertiary/aromatic N) is 1. The van der Waals surface area contributed by atoms with Crippen LogP contribution >= 0.6 is 11.6 Å². The maximum atomic E-state index is 13.5. The van der Waals surface area contributed by atoms with Gasteiger partial charge in [-0.3, -0.25) is 9.10 Å². The van der Waals surface area contributed by atoms with Gasteiger partial charge in [0.1, 0.15) is 12.4 Å². The molecule has 174 valence electrons. The monoisotopic (exact) mass is 492 g/mol. The van der Waals surface area contributed by atoms with E-state index in [0.717, 1.165) is 15.9 Å². The number of sulfonamides is 1. The lowest BCUT2D eigenvalue weighted by atomic mass is 10.2. The van der Waals surface area contributed by atoms with Crippen LogP contribution in [0, 0.1) is 12.7 Å². The second-order valence-corrected chi connectivity index (χ2v) is 9.31. The van der Waals surface area contributed by atoms with Gasteiger partial charge in [0.2, 0.25) is 5.91 Å². The first-order valence-corrected chi connectivity index (χ1v) is 11.5. The maximum Gasteiger partial charge on any atom is 0.264 e. The van der Waals surface area contributed by atoms with E-state index in [0.29, 0.717) is 11.5 Å². The molecule has 0 spiro atoms. The molecule has 0 heterocycles. The van der Waals surface area contributed by atoms with E-state index in [-0.39, 0.29) is 21.3 Å². The molecule has 0 saturated carbocycles. The highest BCUT2D eigenvalue weighted by Gasteiger charge is 2.28. The van der Waals surface area contributed by atoms with E-state index in [4.69, 9.17) is 21.1 Å². The molecule has 0 unspecified atom stereocenters. The third-order valence-electron chi connectivity index (χ3n) is 4.75. The smallest absolute Gasteiger partial charge is 0.264 e. The van der Waals surface area contributed by atoms with E-state index in [1.807, 2.05) is 6.92 Å². The van der Waals surface area contributed by atoms with Gasteiger partial charge in [-0.15, -0.1) is 0 Å². The number of hydrogen-bond acceptors (Lipinski definition) is 5. The first-order valence-electron chi connectivity index (χ1n) is 9.72. The fourth-order valence-corrected chi connectivity index (χ4v) is 4.63. The summed E-state index contributed by atoms with van der Waals surface area (Å²) in [5.41, 5.74) is 1.31. The molecule has 3 aromatic carbocycles. The number of aryl methyl sites for hydroxylation is 1. The SMILES string of the molecule is COc1ccc(N(CC(=O)Nc2ccc(F)c(Cl)c2)S(=O)(=O)c2ccc(C)cc2)cc1OC.